The predicted molar refractivity (Wildman–Crippen MR) is 104 cm³/mol. The van der Waals surface area contributed by atoms with Crippen molar-refractivity contribution in [1.82, 2.24) is 4.90 Å². The van der Waals surface area contributed by atoms with Crippen molar-refractivity contribution in [3.05, 3.63) is 54.1 Å². The SMILES string of the molecule is COc1ccc(OC)c(NC(=O)C[C@@H]2C(=O)OCCN2Cc2ccccc2)c1. The summed E-state index contributed by atoms with van der Waals surface area (Å²) in [7, 11) is 3.07. The summed E-state index contributed by atoms with van der Waals surface area (Å²) in [5.74, 6) is 0.434. The molecule has 2 aromatic carbocycles. The molecular formula is C21H24N2O5. The number of amides is 1. The van der Waals surface area contributed by atoms with Gasteiger partial charge >= 0.3 is 5.97 Å². The van der Waals surface area contributed by atoms with E-state index in [2.05, 4.69) is 5.32 Å². The van der Waals surface area contributed by atoms with Crippen molar-refractivity contribution in [3.63, 3.8) is 0 Å². The number of carbonyl (C=O) groups is 2. The van der Waals surface area contributed by atoms with Crippen LogP contribution in [0.5, 0.6) is 11.5 Å². The summed E-state index contributed by atoms with van der Waals surface area (Å²) in [6, 6.07) is 14.3. The van der Waals surface area contributed by atoms with Crippen molar-refractivity contribution in [2.45, 2.75) is 19.0 Å². The Morgan fingerprint density at radius 1 is 1.18 bits per heavy atom. The lowest BCUT2D eigenvalue weighted by Gasteiger charge is -2.33. The van der Waals surface area contributed by atoms with E-state index in [9.17, 15) is 9.59 Å². The highest BCUT2D eigenvalue weighted by atomic mass is 16.5. The second-order valence-corrected chi connectivity index (χ2v) is 6.46. The summed E-state index contributed by atoms with van der Waals surface area (Å²) in [5, 5.41) is 2.81. The van der Waals surface area contributed by atoms with Gasteiger partial charge in [-0.15, -0.1) is 0 Å². The largest absolute Gasteiger partial charge is 0.497 e. The van der Waals surface area contributed by atoms with Crippen LogP contribution in [0.15, 0.2) is 48.5 Å². The summed E-state index contributed by atoms with van der Waals surface area (Å²) < 4.78 is 15.7. The zero-order chi connectivity index (χ0) is 19.9. The van der Waals surface area contributed by atoms with E-state index < -0.39 is 6.04 Å². The van der Waals surface area contributed by atoms with E-state index in [1.807, 2.05) is 35.2 Å². The minimum absolute atomic E-state index is 0.00791. The van der Waals surface area contributed by atoms with Gasteiger partial charge in [0.15, 0.2) is 0 Å². The van der Waals surface area contributed by atoms with Crippen LogP contribution < -0.4 is 14.8 Å². The molecule has 1 saturated heterocycles. The Kier molecular flexibility index (Phi) is 6.49. The van der Waals surface area contributed by atoms with E-state index in [-0.39, 0.29) is 18.3 Å². The fourth-order valence-corrected chi connectivity index (χ4v) is 3.17. The van der Waals surface area contributed by atoms with Crippen molar-refractivity contribution in [2.24, 2.45) is 0 Å². The zero-order valence-electron chi connectivity index (χ0n) is 16.0. The van der Waals surface area contributed by atoms with Gasteiger partial charge in [0.25, 0.3) is 0 Å². The van der Waals surface area contributed by atoms with Gasteiger partial charge in [-0.1, -0.05) is 30.3 Å². The first-order chi connectivity index (χ1) is 13.6. The number of ether oxygens (including phenoxy) is 3. The molecule has 7 heteroatoms. The third-order valence-corrected chi connectivity index (χ3v) is 4.62. The summed E-state index contributed by atoms with van der Waals surface area (Å²) >= 11 is 0. The molecule has 0 saturated carbocycles. The number of hydrogen-bond donors (Lipinski definition) is 1. The second-order valence-electron chi connectivity index (χ2n) is 6.46. The molecule has 2 aromatic rings. The lowest BCUT2D eigenvalue weighted by molar-refractivity contribution is -0.159. The van der Waals surface area contributed by atoms with Gasteiger partial charge in [0.1, 0.15) is 24.1 Å². The third-order valence-electron chi connectivity index (χ3n) is 4.62. The van der Waals surface area contributed by atoms with Gasteiger partial charge in [-0.3, -0.25) is 14.5 Å². The fraction of sp³-hybridized carbons (Fsp3) is 0.333. The number of methoxy groups -OCH3 is 2. The number of benzene rings is 2. The van der Waals surface area contributed by atoms with Crippen molar-refractivity contribution in [3.8, 4) is 11.5 Å². The highest BCUT2D eigenvalue weighted by Gasteiger charge is 2.33. The van der Waals surface area contributed by atoms with Gasteiger partial charge in [0.05, 0.1) is 26.3 Å². The molecule has 0 aliphatic carbocycles. The Balaban J connectivity index is 1.71. The lowest BCUT2D eigenvalue weighted by atomic mass is 10.1. The zero-order valence-corrected chi connectivity index (χ0v) is 16.0. The van der Waals surface area contributed by atoms with Gasteiger partial charge < -0.3 is 19.5 Å². The quantitative estimate of drug-likeness (QED) is 0.739. The van der Waals surface area contributed by atoms with E-state index in [1.165, 1.54) is 7.11 Å². The first kappa shape index (κ1) is 19.7. The number of esters is 1. The van der Waals surface area contributed by atoms with E-state index in [0.717, 1.165) is 5.56 Å². The van der Waals surface area contributed by atoms with Gasteiger partial charge in [-0.05, 0) is 17.7 Å². The molecule has 0 unspecified atom stereocenters. The molecule has 1 aliphatic rings. The van der Waals surface area contributed by atoms with E-state index in [0.29, 0.717) is 36.9 Å². The average molecular weight is 384 g/mol. The van der Waals surface area contributed by atoms with Crippen LogP contribution in [0.2, 0.25) is 0 Å². The normalized spacial score (nSPS) is 16.9. The van der Waals surface area contributed by atoms with E-state index in [4.69, 9.17) is 14.2 Å². The summed E-state index contributed by atoms with van der Waals surface area (Å²) in [6.07, 6.45) is -0.00791. The van der Waals surface area contributed by atoms with Crippen LogP contribution in [-0.2, 0) is 20.9 Å². The molecule has 0 aromatic heterocycles. The standard InChI is InChI=1S/C21H24N2O5/c1-26-16-8-9-19(27-2)17(12-16)22-20(24)13-18-21(25)28-11-10-23(18)14-15-6-4-3-5-7-15/h3-9,12,18H,10-11,13-14H2,1-2H3,(H,22,24)/t18-/m1/s1. The van der Waals surface area contributed by atoms with Gasteiger partial charge in [-0.25, -0.2) is 0 Å². The highest BCUT2D eigenvalue weighted by Crippen LogP contribution is 2.29. The summed E-state index contributed by atoms with van der Waals surface area (Å²) in [6.45, 7) is 1.49. The number of hydrogen-bond acceptors (Lipinski definition) is 6. The number of carbonyl (C=O) groups excluding carboxylic acids is 2. The minimum atomic E-state index is -0.634. The lowest BCUT2D eigenvalue weighted by Crippen LogP contribution is -2.49. The van der Waals surface area contributed by atoms with Gasteiger partial charge in [-0.2, -0.15) is 0 Å². The molecule has 148 valence electrons. The molecule has 0 radical (unpaired) electrons. The first-order valence-corrected chi connectivity index (χ1v) is 9.07. The van der Waals surface area contributed by atoms with Crippen molar-refractivity contribution in [2.75, 3.05) is 32.7 Å². The molecule has 1 fully saturated rings. The van der Waals surface area contributed by atoms with Crippen LogP contribution in [0.25, 0.3) is 0 Å². The van der Waals surface area contributed by atoms with Crippen LogP contribution in [0.1, 0.15) is 12.0 Å². The number of rotatable bonds is 7. The monoisotopic (exact) mass is 384 g/mol. The van der Waals surface area contributed by atoms with Crippen LogP contribution in [0.4, 0.5) is 5.69 Å². The van der Waals surface area contributed by atoms with Crippen LogP contribution >= 0.6 is 0 Å². The Morgan fingerprint density at radius 3 is 2.68 bits per heavy atom. The Bertz CT molecular complexity index is 825. The predicted octanol–water partition coefficient (Wildman–Crippen LogP) is 2.46. The van der Waals surface area contributed by atoms with Crippen molar-refractivity contribution < 1.29 is 23.8 Å². The maximum atomic E-state index is 12.7. The van der Waals surface area contributed by atoms with Crippen molar-refractivity contribution in [1.29, 1.82) is 0 Å². The molecule has 7 nitrogen and oxygen atoms in total. The highest BCUT2D eigenvalue weighted by molar-refractivity contribution is 5.95. The number of nitrogens with zero attached hydrogens (tertiary/aromatic N) is 1. The maximum absolute atomic E-state index is 12.7. The molecule has 1 heterocycles. The maximum Gasteiger partial charge on any atom is 0.323 e. The molecule has 0 bridgehead atoms. The number of anilines is 1. The topological polar surface area (TPSA) is 77.1 Å². The number of morpholine rings is 1. The molecule has 0 spiro atoms. The van der Waals surface area contributed by atoms with E-state index in [1.54, 1.807) is 25.3 Å². The molecule has 1 N–H and O–H groups in total. The number of nitrogens with one attached hydrogen (secondary N) is 1. The average Bonchev–Trinajstić information content (AvgIpc) is 2.71. The summed E-state index contributed by atoms with van der Waals surface area (Å²) in [5.41, 5.74) is 1.57. The van der Waals surface area contributed by atoms with Crippen LogP contribution in [0, 0.1) is 0 Å². The Labute approximate surface area is 164 Å². The Morgan fingerprint density at radius 2 is 1.96 bits per heavy atom. The molecular weight excluding hydrogens is 360 g/mol. The van der Waals surface area contributed by atoms with E-state index >= 15 is 0 Å². The van der Waals surface area contributed by atoms with Gasteiger partial charge in [0.2, 0.25) is 5.91 Å². The first-order valence-electron chi connectivity index (χ1n) is 9.07. The van der Waals surface area contributed by atoms with Crippen LogP contribution in [0.3, 0.4) is 0 Å². The minimum Gasteiger partial charge on any atom is -0.497 e. The second kappa shape index (κ2) is 9.23. The van der Waals surface area contributed by atoms with Gasteiger partial charge in [0, 0.05) is 19.2 Å². The van der Waals surface area contributed by atoms with Crippen LogP contribution in [-0.4, -0.2) is 50.2 Å². The molecule has 1 aliphatic heterocycles. The molecule has 28 heavy (non-hydrogen) atoms. The summed E-state index contributed by atoms with van der Waals surface area (Å²) in [4.78, 5) is 26.9. The molecule has 1 amide bonds. The fourth-order valence-electron chi connectivity index (χ4n) is 3.17. The smallest absolute Gasteiger partial charge is 0.323 e. The Hall–Kier alpha value is -3.06. The molecule has 1 atom stereocenters. The third kappa shape index (κ3) is 4.80. The molecule has 3 rings (SSSR count). The number of cyclic esters (lactones) is 1. The van der Waals surface area contributed by atoms with Crippen molar-refractivity contribution >= 4 is 17.6 Å².